The Kier molecular flexibility index (Phi) is 6.66. The lowest BCUT2D eigenvalue weighted by Crippen LogP contribution is -2.18. The van der Waals surface area contributed by atoms with Crippen LogP contribution in [0.15, 0.2) is 64.3 Å². The summed E-state index contributed by atoms with van der Waals surface area (Å²) in [6.45, 7) is 2.04. The zero-order chi connectivity index (χ0) is 23.4. The van der Waals surface area contributed by atoms with Crippen LogP contribution in [-0.2, 0) is 22.9 Å². The minimum absolute atomic E-state index is 0.0185. The first-order valence-electron chi connectivity index (χ1n) is 10.8. The van der Waals surface area contributed by atoms with Crippen molar-refractivity contribution in [3.05, 3.63) is 81.9 Å². The highest BCUT2D eigenvalue weighted by Gasteiger charge is 2.17. The molecule has 2 aromatic carbocycles. The summed E-state index contributed by atoms with van der Waals surface area (Å²) < 4.78 is 28.2. The normalized spacial score (nSPS) is 12.8. The summed E-state index contributed by atoms with van der Waals surface area (Å²) in [4.78, 5) is 20.1. The Morgan fingerprint density at radius 3 is 2.61 bits per heavy atom. The third-order valence-corrected chi connectivity index (χ3v) is 6.99. The molecule has 2 aromatic heterocycles. The van der Waals surface area contributed by atoms with Crippen molar-refractivity contribution in [1.29, 1.82) is 0 Å². The second kappa shape index (κ2) is 9.63. The Hall–Kier alpha value is -3.37. The number of aromatic nitrogens is 5. The van der Waals surface area contributed by atoms with E-state index < -0.39 is 10.0 Å². The largest absolute Gasteiger partial charge is 0.308 e. The Morgan fingerprint density at radius 2 is 1.85 bits per heavy atom. The molecule has 0 aliphatic rings. The molecule has 2 N–H and O–H groups in total. The first-order chi connectivity index (χ1) is 15.9. The number of sulfonamides is 1. The van der Waals surface area contributed by atoms with Crippen LogP contribution in [0, 0.1) is 0 Å². The first kappa shape index (κ1) is 22.8. The van der Waals surface area contributed by atoms with Crippen LogP contribution in [0.2, 0.25) is 0 Å². The number of benzene rings is 2. The molecule has 1 atom stereocenters. The van der Waals surface area contributed by atoms with Gasteiger partial charge in [-0.15, -0.1) is 5.10 Å². The first-order valence-corrected chi connectivity index (χ1v) is 12.3. The maximum atomic E-state index is 12.6. The van der Waals surface area contributed by atoms with Crippen LogP contribution in [0.5, 0.6) is 0 Å². The average molecular weight is 467 g/mol. The summed E-state index contributed by atoms with van der Waals surface area (Å²) in [5, 5.41) is 8.21. The fourth-order valence-corrected chi connectivity index (χ4v) is 4.57. The SMILES string of the molecule is CNS(=O)(=O)c1cccc(Cc2nc3c(nnn3C(C)CCCc3ccccc3)c(=O)[nH]2)c1. The van der Waals surface area contributed by atoms with Gasteiger partial charge in [-0.25, -0.2) is 22.8 Å². The van der Waals surface area contributed by atoms with Gasteiger partial charge in [0.2, 0.25) is 10.0 Å². The smallest absolute Gasteiger partial charge is 0.281 e. The number of fused-ring (bicyclic) bond motifs is 1. The predicted octanol–water partition coefficient (Wildman–Crippen LogP) is 2.60. The van der Waals surface area contributed by atoms with Crippen molar-refractivity contribution in [2.75, 3.05) is 7.05 Å². The van der Waals surface area contributed by atoms with Gasteiger partial charge in [-0.1, -0.05) is 47.7 Å². The van der Waals surface area contributed by atoms with Crippen LogP contribution >= 0.6 is 0 Å². The molecular weight excluding hydrogens is 440 g/mol. The molecule has 0 spiro atoms. The Balaban J connectivity index is 1.55. The molecule has 0 saturated heterocycles. The van der Waals surface area contributed by atoms with Gasteiger partial charge in [0.25, 0.3) is 5.56 Å². The number of hydrogen-bond donors (Lipinski definition) is 2. The highest BCUT2D eigenvalue weighted by atomic mass is 32.2. The van der Waals surface area contributed by atoms with Gasteiger partial charge >= 0.3 is 0 Å². The van der Waals surface area contributed by atoms with Gasteiger partial charge in [0.15, 0.2) is 11.2 Å². The molecule has 0 fully saturated rings. The third kappa shape index (κ3) is 5.18. The van der Waals surface area contributed by atoms with E-state index in [-0.39, 0.29) is 28.4 Å². The molecule has 0 aliphatic carbocycles. The monoisotopic (exact) mass is 466 g/mol. The van der Waals surface area contributed by atoms with Gasteiger partial charge in [-0.05, 0) is 56.5 Å². The van der Waals surface area contributed by atoms with Crippen molar-refractivity contribution in [2.45, 2.75) is 43.5 Å². The Labute approximate surface area is 191 Å². The summed E-state index contributed by atoms with van der Waals surface area (Å²) in [7, 11) is -2.20. The quantitative estimate of drug-likeness (QED) is 0.391. The molecular formula is C23H26N6O3S. The van der Waals surface area contributed by atoms with E-state index in [0.717, 1.165) is 19.3 Å². The van der Waals surface area contributed by atoms with E-state index in [2.05, 4.69) is 37.1 Å². The van der Waals surface area contributed by atoms with Crippen LogP contribution in [0.3, 0.4) is 0 Å². The van der Waals surface area contributed by atoms with Crippen molar-refractivity contribution in [1.82, 2.24) is 29.7 Å². The summed E-state index contributed by atoms with van der Waals surface area (Å²) in [6.07, 6.45) is 3.06. The van der Waals surface area contributed by atoms with Gasteiger partial charge < -0.3 is 4.98 Å². The fourth-order valence-electron chi connectivity index (χ4n) is 3.77. The minimum Gasteiger partial charge on any atom is -0.308 e. The van der Waals surface area contributed by atoms with Crippen molar-refractivity contribution in [3.63, 3.8) is 0 Å². The highest BCUT2D eigenvalue weighted by Crippen LogP contribution is 2.19. The van der Waals surface area contributed by atoms with Crippen molar-refractivity contribution >= 4 is 21.2 Å². The van der Waals surface area contributed by atoms with Crippen LogP contribution in [0.25, 0.3) is 11.2 Å². The molecule has 0 amide bonds. The molecule has 1 unspecified atom stereocenters. The maximum Gasteiger partial charge on any atom is 0.281 e. The van der Waals surface area contributed by atoms with Crippen LogP contribution < -0.4 is 10.3 Å². The second-order valence-electron chi connectivity index (χ2n) is 7.98. The predicted molar refractivity (Wildman–Crippen MR) is 126 cm³/mol. The fraction of sp³-hybridized carbons (Fsp3) is 0.304. The molecule has 4 rings (SSSR count). The van der Waals surface area contributed by atoms with Crippen molar-refractivity contribution in [2.24, 2.45) is 0 Å². The summed E-state index contributed by atoms with van der Waals surface area (Å²) in [5.41, 5.74) is 2.26. The van der Waals surface area contributed by atoms with E-state index in [1.807, 2.05) is 25.1 Å². The lowest BCUT2D eigenvalue weighted by Gasteiger charge is -2.12. The topological polar surface area (TPSA) is 123 Å². The number of aryl methyl sites for hydroxylation is 1. The summed E-state index contributed by atoms with van der Waals surface area (Å²) >= 11 is 0. The molecule has 0 radical (unpaired) electrons. The lowest BCUT2D eigenvalue weighted by molar-refractivity contribution is 0.444. The molecule has 33 heavy (non-hydrogen) atoms. The second-order valence-corrected chi connectivity index (χ2v) is 9.86. The molecule has 2 heterocycles. The standard InChI is InChI=1S/C23H26N6O3S/c1-16(8-6-11-17-9-4-3-5-10-17)29-22-21(27-28-29)23(30)26-20(25-22)15-18-12-7-13-19(14-18)33(31,32)24-2/h3-5,7,9-10,12-14,16,24H,6,8,11,15H2,1-2H3,(H,25,26,30). The average Bonchev–Trinajstić information content (AvgIpc) is 3.24. The van der Waals surface area contributed by atoms with E-state index >= 15 is 0 Å². The number of hydrogen-bond acceptors (Lipinski definition) is 6. The van der Waals surface area contributed by atoms with Crippen LogP contribution in [0.1, 0.15) is 42.8 Å². The molecule has 0 aliphatic heterocycles. The number of rotatable bonds is 9. The number of nitrogens with zero attached hydrogens (tertiary/aromatic N) is 4. The minimum atomic E-state index is -3.56. The van der Waals surface area contributed by atoms with E-state index in [1.165, 1.54) is 18.7 Å². The van der Waals surface area contributed by atoms with Crippen molar-refractivity contribution in [3.8, 4) is 0 Å². The van der Waals surface area contributed by atoms with Gasteiger partial charge in [0.05, 0.1) is 10.9 Å². The van der Waals surface area contributed by atoms with E-state index in [1.54, 1.807) is 22.9 Å². The van der Waals surface area contributed by atoms with Crippen LogP contribution in [-0.4, -0.2) is 40.4 Å². The van der Waals surface area contributed by atoms with E-state index in [4.69, 9.17) is 0 Å². The zero-order valence-electron chi connectivity index (χ0n) is 18.5. The van der Waals surface area contributed by atoms with Gasteiger partial charge in [-0.2, -0.15) is 0 Å². The van der Waals surface area contributed by atoms with E-state index in [9.17, 15) is 13.2 Å². The van der Waals surface area contributed by atoms with Gasteiger partial charge in [0.1, 0.15) is 5.82 Å². The molecule has 0 saturated carbocycles. The number of H-pyrrole nitrogens is 1. The lowest BCUT2D eigenvalue weighted by atomic mass is 10.1. The maximum absolute atomic E-state index is 12.6. The number of aromatic amines is 1. The Morgan fingerprint density at radius 1 is 1.09 bits per heavy atom. The Bertz CT molecular complexity index is 1410. The van der Waals surface area contributed by atoms with Crippen LogP contribution in [0.4, 0.5) is 0 Å². The van der Waals surface area contributed by atoms with E-state index in [0.29, 0.717) is 17.0 Å². The van der Waals surface area contributed by atoms with Crippen molar-refractivity contribution < 1.29 is 8.42 Å². The molecule has 10 heteroatoms. The highest BCUT2D eigenvalue weighted by molar-refractivity contribution is 7.89. The van der Waals surface area contributed by atoms with Gasteiger partial charge in [0, 0.05) is 6.42 Å². The molecule has 4 aromatic rings. The summed E-state index contributed by atoms with van der Waals surface area (Å²) in [5.74, 6) is 0.423. The third-order valence-electron chi connectivity index (χ3n) is 5.58. The van der Waals surface area contributed by atoms with Gasteiger partial charge in [-0.3, -0.25) is 4.79 Å². The zero-order valence-corrected chi connectivity index (χ0v) is 19.3. The number of nitrogens with one attached hydrogen (secondary N) is 2. The molecule has 0 bridgehead atoms. The molecule has 172 valence electrons. The summed E-state index contributed by atoms with van der Waals surface area (Å²) in [6, 6.07) is 16.9. The molecule has 9 nitrogen and oxygen atoms in total.